The summed E-state index contributed by atoms with van der Waals surface area (Å²) in [5, 5.41) is 16.9. The van der Waals surface area contributed by atoms with Gasteiger partial charge in [0, 0.05) is 11.9 Å². The number of amides is 1. The molecule has 7 nitrogen and oxygen atoms in total. The number of aromatic nitrogens is 2. The summed E-state index contributed by atoms with van der Waals surface area (Å²) < 4.78 is 3.64. The van der Waals surface area contributed by atoms with Crippen LogP contribution in [0.5, 0.6) is 0 Å². The fourth-order valence-corrected chi connectivity index (χ4v) is 2.22. The van der Waals surface area contributed by atoms with Gasteiger partial charge in [-0.1, -0.05) is 9.64 Å². The highest BCUT2D eigenvalue weighted by Crippen LogP contribution is 2.19. The van der Waals surface area contributed by atoms with Gasteiger partial charge in [-0.3, -0.25) is 4.79 Å². The van der Waals surface area contributed by atoms with Gasteiger partial charge in [-0.2, -0.15) is 0 Å². The van der Waals surface area contributed by atoms with E-state index in [9.17, 15) is 4.79 Å². The van der Waals surface area contributed by atoms with E-state index in [-0.39, 0.29) is 17.8 Å². The number of hydrogen-bond donors (Lipinski definition) is 2. The third-order valence-electron chi connectivity index (χ3n) is 2.55. The molecule has 1 saturated heterocycles. The standard InChI is InChI=1S/C8H11N5O2S/c9-7(11-15)6-2-1-3-13(6)8(14)5-4-16-12-10-5/h4,6,15H,1-3H2,(H2,9,11). The second kappa shape index (κ2) is 4.44. The fourth-order valence-electron chi connectivity index (χ4n) is 1.79. The van der Waals surface area contributed by atoms with Crippen LogP contribution in [0.4, 0.5) is 0 Å². The Morgan fingerprint density at radius 1 is 1.75 bits per heavy atom. The summed E-state index contributed by atoms with van der Waals surface area (Å²) in [7, 11) is 0. The maximum atomic E-state index is 12.0. The molecule has 1 aliphatic heterocycles. The Bertz CT molecular complexity index is 405. The van der Waals surface area contributed by atoms with Crippen molar-refractivity contribution in [2.24, 2.45) is 10.9 Å². The molecule has 2 heterocycles. The van der Waals surface area contributed by atoms with Gasteiger partial charge in [-0.25, -0.2) is 0 Å². The van der Waals surface area contributed by atoms with Crippen LogP contribution >= 0.6 is 11.5 Å². The molecule has 1 aromatic heterocycles. The zero-order valence-corrected chi connectivity index (χ0v) is 9.22. The van der Waals surface area contributed by atoms with Crippen molar-refractivity contribution in [1.29, 1.82) is 0 Å². The van der Waals surface area contributed by atoms with Crippen LogP contribution in [-0.4, -0.2) is 44.0 Å². The van der Waals surface area contributed by atoms with E-state index in [0.717, 1.165) is 18.0 Å². The van der Waals surface area contributed by atoms with Crippen LogP contribution in [0.15, 0.2) is 10.5 Å². The van der Waals surface area contributed by atoms with Crippen LogP contribution in [0.3, 0.4) is 0 Å². The lowest BCUT2D eigenvalue weighted by Gasteiger charge is -2.22. The first-order chi connectivity index (χ1) is 7.74. The molecule has 1 aromatic rings. The molecule has 0 aromatic carbocycles. The summed E-state index contributed by atoms with van der Waals surface area (Å²) in [5.74, 6) is -0.156. The molecular formula is C8H11N5O2S. The largest absolute Gasteiger partial charge is 0.409 e. The summed E-state index contributed by atoms with van der Waals surface area (Å²) in [6, 6.07) is -0.334. The summed E-state index contributed by atoms with van der Waals surface area (Å²) in [5.41, 5.74) is 5.84. The zero-order chi connectivity index (χ0) is 11.5. The van der Waals surface area contributed by atoms with Crippen molar-refractivity contribution in [3.63, 3.8) is 0 Å². The van der Waals surface area contributed by atoms with Crippen LogP contribution in [0.1, 0.15) is 23.3 Å². The predicted octanol–water partition coefficient (Wildman–Crippen LogP) is -0.111. The van der Waals surface area contributed by atoms with E-state index >= 15 is 0 Å². The van der Waals surface area contributed by atoms with Crippen LogP contribution in [0.2, 0.25) is 0 Å². The zero-order valence-electron chi connectivity index (χ0n) is 8.41. The maximum absolute atomic E-state index is 12.0. The van der Waals surface area contributed by atoms with E-state index in [1.165, 1.54) is 0 Å². The van der Waals surface area contributed by atoms with Crippen molar-refractivity contribution in [2.75, 3.05) is 6.54 Å². The molecule has 2 rings (SSSR count). The van der Waals surface area contributed by atoms with Crippen molar-refractivity contribution in [3.05, 3.63) is 11.1 Å². The van der Waals surface area contributed by atoms with Gasteiger partial charge in [0.05, 0.1) is 6.04 Å². The van der Waals surface area contributed by atoms with Crippen LogP contribution in [-0.2, 0) is 0 Å². The lowest BCUT2D eigenvalue weighted by atomic mass is 10.2. The van der Waals surface area contributed by atoms with Crippen molar-refractivity contribution in [2.45, 2.75) is 18.9 Å². The highest BCUT2D eigenvalue weighted by Gasteiger charge is 2.33. The number of amidine groups is 1. The first-order valence-electron chi connectivity index (χ1n) is 4.79. The lowest BCUT2D eigenvalue weighted by molar-refractivity contribution is 0.0762. The molecule has 1 aliphatic rings. The SMILES string of the molecule is NC(=NO)C1CCCN1C(=O)c1csnn1. The molecule has 1 amide bonds. The van der Waals surface area contributed by atoms with Crippen LogP contribution < -0.4 is 5.73 Å². The minimum atomic E-state index is -0.334. The first kappa shape index (κ1) is 10.8. The van der Waals surface area contributed by atoms with Gasteiger partial charge in [0.1, 0.15) is 0 Å². The summed E-state index contributed by atoms with van der Waals surface area (Å²) in [6.07, 6.45) is 1.55. The molecule has 8 heteroatoms. The number of nitrogens with two attached hydrogens (primary N) is 1. The minimum absolute atomic E-state index is 0.0639. The van der Waals surface area contributed by atoms with Gasteiger partial charge < -0.3 is 15.8 Å². The van der Waals surface area contributed by atoms with Gasteiger partial charge in [0.25, 0.3) is 5.91 Å². The molecule has 0 saturated carbocycles. The Labute approximate surface area is 95.7 Å². The molecule has 16 heavy (non-hydrogen) atoms. The summed E-state index contributed by atoms with van der Waals surface area (Å²) in [6.45, 7) is 0.594. The number of hydrogen-bond acceptors (Lipinski definition) is 6. The normalized spacial score (nSPS) is 21.4. The Morgan fingerprint density at radius 3 is 3.19 bits per heavy atom. The third kappa shape index (κ3) is 1.83. The molecule has 1 atom stereocenters. The Balaban J connectivity index is 2.18. The molecule has 0 radical (unpaired) electrons. The van der Waals surface area contributed by atoms with Crippen molar-refractivity contribution >= 4 is 23.3 Å². The molecule has 0 bridgehead atoms. The van der Waals surface area contributed by atoms with Crippen molar-refractivity contribution in [1.82, 2.24) is 14.5 Å². The van der Waals surface area contributed by atoms with Crippen molar-refractivity contribution in [3.8, 4) is 0 Å². The van der Waals surface area contributed by atoms with Gasteiger partial charge in [-0.15, -0.1) is 5.10 Å². The van der Waals surface area contributed by atoms with E-state index in [4.69, 9.17) is 10.9 Å². The minimum Gasteiger partial charge on any atom is -0.409 e. The number of carbonyl (C=O) groups is 1. The number of nitrogens with zero attached hydrogens (tertiary/aromatic N) is 4. The molecular weight excluding hydrogens is 230 g/mol. The van der Waals surface area contributed by atoms with Crippen LogP contribution in [0, 0.1) is 0 Å². The predicted molar refractivity (Wildman–Crippen MR) is 57.4 cm³/mol. The number of carbonyl (C=O) groups excluding carboxylic acids is 1. The van der Waals surface area contributed by atoms with Gasteiger partial charge >= 0.3 is 0 Å². The smallest absolute Gasteiger partial charge is 0.275 e. The summed E-state index contributed by atoms with van der Waals surface area (Å²) >= 11 is 1.12. The maximum Gasteiger partial charge on any atom is 0.275 e. The fraction of sp³-hybridized carbons (Fsp3) is 0.500. The topological polar surface area (TPSA) is 105 Å². The second-order valence-electron chi connectivity index (χ2n) is 3.47. The van der Waals surface area contributed by atoms with E-state index in [2.05, 4.69) is 14.7 Å². The van der Waals surface area contributed by atoms with Gasteiger partial charge in [-0.05, 0) is 24.4 Å². The van der Waals surface area contributed by atoms with Gasteiger partial charge in [0.15, 0.2) is 11.5 Å². The Kier molecular flexibility index (Phi) is 3.00. The van der Waals surface area contributed by atoms with Crippen molar-refractivity contribution < 1.29 is 10.0 Å². The quantitative estimate of drug-likeness (QED) is 0.325. The van der Waals surface area contributed by atoms with E-state index < -0.39 is 0 Å². The first-order valence-corrected chi connectivity index (χ1v) is 5.63. The highest BCUT2D eigenvalue weighted by atomic mass is 32.1. The highest BCUT2D eigenvalue weighted by molar-refractivity contribution is 7.03. The second-order valence-corrected chi connectivity index (χ2v) is 4.08. The molecule has 1 unspecified atom stereocenters. The monoisotopic (exact) mass is 241 g/mol. The van der Waals surface area contributed by atoms with Crippen LogP contribution in [0.25, 0.3) is 0 Å². The van der Waals surface area contributed by atoms with E-state index in [1.54, 1.807) is 10.3 Å². The Hall–Kier alpha value is -1.70. The molecule has 86 valence electrons. The summed E-state index contributed by atoms with van der Waals surface area (Å²) in [4.78, 5) is 13.5. The molecule has 0 aliphatic carbocycles. The molecule has 1 fully saturated rings. The molecule has 3 N–H and O–H groups in total. The van der Waals surface area contributed by atoms with E-state index in [1.807, 2.05) is 0 Å². The number of oxime groups is 1. The lowest BCUT2D eigenvalue weighted by Crippen LogP contribution is -2.44. The van der Waals surface area contributed by atoms with E-state index in [0.29, 0.717) is 18.7 Å². The third-order valence-corrected chi connectivity index (χ3v) is 3.05. The number of likely N-dealkylation sites (tertiary alicyclic amines) is 1. The average Bonchev–Trinajstić information content (AvgIpc) is 2.97. The molecule has 0 spiro atoms. The average molecular weight is 241 g/mol. The van der Waals surface area contributed by atoms with Gasteiger partial charge in [0.2, 0.25) is 0 Å². The Morgan fingerprint density at radius 2 is 2.56 bits per heavy atom. The number of rotatable bonds is 2.